The minimum Gasteiger partial charge on any atom is -0.497 e. The average molecular weight is 224 g/mol. The molecule has 0 atom stereocenters. The van der Waals surface area contributed by atoms with E-state index >= 15 is 0 Å². The van der Waals surface area contributed by atoms with Gasteiger partial charge in [0, 0.05) is 5.56 Å². The molecule has 0 saturated heterocycles. The van der Waals surface area contributed by atoms with Crippen molar-refractivity contribution < 1.29 is 9.53 Å². The van der Waals surface area contributed by atoms with Gasteiger partial charge < -0.3 is 10.5 Å². The molecular formula is C10H12N2O2S. The van der Waals surface area contributed by atoms with E-state index in [1.165, 1.54) is 0 Å². The van der Waals surface area contributed by atoms with Crippen molar-refractivity contribution in [1.82, 2.24) is 0 Å². The molecule has 0 unspecified atom stereocenters. The van der Waals surface area contributed by atoms with Gasteiger partial charge in [-0.1, -0.05) is 11.8 Å². The number of methoxy groups -OCH3 is 1. The predicted molar refractivity (Wildman–Crippen MR) is 61.7 cm³/mol. The van der Waals surface area contributed by atoms with Crippen molar-refractivity contribution in [2.45, 2.75) is 0 Å². The standard InChI is InChI=1S/C10H12N2O2S/c1-14-8-4-2-7(3-5-8)9(13)6-15-10(11)12/h2-5H,6H2,1H3,(H3,11,12). The molecule has 15 heavy (non-hydrogen) atoms. The van der Waals surface area contributed by atoms with E-state index in [9.17, 15) is 4.79 Å². The molecule has 5 heteroatoms. The Bertz CT molecular complexity index is 362. The number of Topliss-reactive ketones (excluding diaryl/α,β-unsaturated/α-hetero) is 1. The van der Waals surface area contributed by atoms with Crippen molar-refractivity contribution in [3.63, 3.8) is 0 Å². The first-order chi connectivity index (χ1) is 7.13. The molecule has 0 bridgehead atoms. The highest BCUT2D eigenvalue weighted by atomic mass is 32.2. The largest absolute Gasteiger partial charge is 0.497 e. The number of benzene rings is 1. The maximum atomic E-state index is 11.5. The van der Waals surface area contributed by atoms with Gasteiger partial charge in [-0.05, 0) is 24.3 Å². The molecular weight excluding hydrogens is 212 g/mol. The summed E-state index contributed by atoms with van der Waals surface area (Å²) in [4.78, 5) is 11.5. The second-order valence-corrected chi connectivity index (χ2v) is 3.82. The predicted octanol–water partition coefficient (Wildman–Crippen LogP) is 1.50. The number of nitrogens with one attached hydrogen (secondary N) is 1. The van der Waals surface area contributed by atoms with Crippen molar-refractivity contribution in [3.05, 3.63) is 29.8 Å². The molecule has 4 nitrogen and oxygen atoms in total. The maximum absolute atomic E-state index is 11.5. The second-order valence-electron chi connectivity index (χ2n) is 2.80. The number of hydrogen-bond acceptors (Lipinski definition) is 4. The summed E-state index contributed by atoms with van der Waals surface area (Å²) in [5.41, 5.74) is 5.74. The van der Waals surface area contributed by atoms with Gasteiger partial charge in [0.2, 0.25) is 0 Å². The first-order valence-electron chi connectivity index (χ1n) is 4.27. The highest BCUT2D eigenvalue weighted by Crippen LogP contribution is 2.13. The molecule has 1 aromatic rings. The van der Waals surface area contributed by atoms with Crippen molar-refractivity contribution in [1.29, 1.82) is 5.41 Å². The number of amidine groups is 1. The number of thioether (sulfide) groups is 1. The van der Waals surface area contributed by atoms with Crippen LogP contribution < -0.4 is 10.5 Å². The van der Waals surface area contributed by atoms with Gasteiger partial charge in [-0.2, -0.15) is 0 Å². The maximum Gasteiger partial charge on any atom is 0.173 e. The number of rotatable bonds is 4. The third-order valence-electron chi connectivity index (χ3n) is 1.77. The molecule has 0 saturated carbocycles. The number of ketones is 1. The van der Waals surface area contributed by atoms with Crippen LogP contribution in [-0.4, -0.2) is 23.8 Å². The van der Waals surface area contributed by atoms with Gasteiger partial charge in [0.05, 0.1) is 12.9 Å². The molecule has 0 spiro atoms. The Morgan fingerprint density at radius 2 is 2.07 bits per heavy atom. The molecule has 3 N–H and O–H groups in total. The van der Waals surface area contributed by atoms with E-state index < -0.39 is 0 Å². The molecule has 0 aliphatic rings. The lowest BCUT2D eigenvalue weighted by molar-refractivity contribution is 0.102. The average Bonchev–Trinajstić information content (AvgIpc) is 2.26. The normalized spacial score (nSPS) is 9.67. The third-order valence-corrected chi connectivity index (χ3v) is 2.49. The molecule has 80 valence electrons. The summed E-state index contributed by atoms with van der Waals surface area (Å²) in [7, 11) is 1.57. The Balaban J connectivity index is 2.62. The van der Waals surface area contributed by atoms with E-state index in [4.69, 9.17) is 15.9 Å². The molecule has 1 aromatic carbocycles. The molecule has 0 aliphatic carbocycles. The Morgan fingerprint density at radius 1 is 1.47 bits per heavy atom. The fraction of sp³-hybridized carbons (Fsp3) is 0.200. The van der Waals surface area contributed by atoms with Gasteiger partial charge in [-0.15, -0.1) is 0 Å². The number of nitrogens with two attached hydrogens (primary N) is 1. The molecule has 1 rings (SSSR count). The quantitative estimate of drug-likeness (QED) is 0.461. The smallest absolute Gasteiger partial charge is 0.173 e. The molecule has 0 radical (unpaired) electrons. The van der Waals surface area contributed by atoms with E-state index in [2.05, 4.69) is 0 Å². The first-order valence-corrected chi connectivity index (χ1v) is 5.26. The summed E-state index contributed by atoms with van der Waals surface area (Å²) in [6, 6.07) is 6.85. The van der Waals surface area contributed by atoms with E-state index in [-0.39, 0.29) is 16.7 Å². The van der Waals surface area contributed by atoms with Crippen LogP contribution in [0.25, 0.3) is 0 Å². The summed E-state index contributed by atoms with van der Waals surface area (Å²) in [6.07, 6.45) is 0. The van der Waals surface area contributed by atoms with Gasteiger partial charge in [-0.25, -0.2) is 0 Å². The van der Waals surface area contributed by atoms with Crippen LogP contribution in [-0.2, 0) is 0 Å². The lowest BCUT2D eigenvalue weighted by atomic mass is 10.1. The van der Waals surface area contributed by atoms with Crippen LogP contribution in [0.15, 0.2) is 24.3 Å². The fourth-order valence-corrected chi connectivity index (χ4v) is 1.46. The van der Waals surface area contributed by atoms with Crippen molar-refractivity contribution in [2.24, 2.45) is 5.73 Å². The SMILES string of the molecule is COc1ccc(C(=O)CSC(=N)N)cc1. The Hall–Kier alpha value is -1.49. The van der Waals surface area contributed by atoms with Gasteiger partial charge in [0.25, 0.3) is 0 Å². The number of ether oxygens (including phenoxy) is 1. The molecule has 0 fully saturated rings. The molecule has 0 aromatic heterocycles. The fourth-order valence-electron chi connectivity index (χ4n) is 1.00. The van der Waals surface area contributed by atoms with E-state index in [1.54, 1.807) is 31.4 Å². The van der Waals surface area contributed by atoms with Gasteiger partial charge in [0.15, 0.2) is 11.0 Å². The summed E-state index contributed by atoms with van der Waals surface area (Å²) < 4.78 is 4.98. The Labute approximate surface area is 92.3 Å². The van der Waals surface area contributed by atoms with Gasteiger partial charge in [0.1, 0.15) is 5.75 Å². The minimum absolute atomic E-state index is 0.0437. The number of carbonyl (C=O) groups is 1. The Morgan fingerprint density at radius 3 is 2.53 bits per heavy atom. The third kappa shape index (κ3) is 3.63. The van der Waals surface area contributed by atoms with Crippen LogP contribution in [0.5, 0.6) is 5.75 Å². The number of carbonyl (C=O) groups excluding carboxylic acids is 1. The molecule has 0 aliphatic heterocycles. The highest BCUT2D eigenvalue weighted by Gasteiger charge is 2.06. The zero-order valence-corrected chi connectivity index (χ0v) is 9.14. The summed E-state index contributed by atoms with van der Waals surface area (Å²) in [6.45, 7) is 0. The highest BCUT2D eigenvalue weighted by molar-refractivity contribution is 8.14. The van der Waals surface area contributed by atoms with E-state index in [0.717, 1.165) is 11.8 Å². The Kier molecular flexibility index (Phi) is 4.17. The van der Waals surface area contributed by atoms with Crippen molar-refractivity contribution in [3.8, 4) is 5.75 Å². The van der Waals surface area contributed by atoms with Gasteiger partial charge in [-0.3, -0.25) is 10.2 Å². The monoisotopic (exact) mass is 224 g/mol. The van der Waals surface area contributed by atoms with Gasteiger partial charge >= 0.3 is 0 Å². The van der Waals surface area contributed by atoms with Crippen LogP contribution in [0.1, 0.15) is 10.4 Å². The summed E-state index contributed by atoms with van der Waals surface area (Å²) in [5.74, 6) is 0.866. The van der Waals surface area contributed by atoms with Crippen LogP contribution in [0.2, 0.25) is 0 Å². The van der Waals surface area contributed by atoms with Crippen molar-refractivity contribution in [2.75, 3.05) is 12.9 Å². The number of hydrogen-bond donors (Lipinski definition) is 2. The minimum atomic E-state index is -0.0446. The lowest BCUT2D eigenvalue weighted by Gasteiger charge is -2.02. The van der Waals surface area contributed by atoms with Crippen LogP contribution in [0.4, 0.5) is 0 Å². The van der Waals surface area contributed by atoms with Crippen LogP contribution in [0.3, 0.4) is 0 Å². The molecule has 0 amide bonds. The summed E-state index contributed by atoms with van der Waals surface area (Å²) in [5, 5.41) is 6.94. The van der Waals surface area contributed by atoms with E-state index in [1.807, 2.05) is 0 Å². The zero-order chi connectivity index (χ0) is 11.3. The van der Waals surface area contributed by atoms with Crippen LogP contribution >= 0.6 is 11.8 Å². The van der Waals surface area contributed by atoms with E-state index in [0.29, 0.717) is 11.3 Å². The van der Waals surface area contributed by atoms with Crippen molar-refractivity contribution >= 4 is 22.7 Å². The van der Waals surface area contributed by atoms with Crippen LogP contribution in [0, 0.1) is 5.41 Å². The molecule has 0 heterocycles. The zero-order valence-electron chi connectivity index (χ0n) is 8.32. The summed E-state index contributed by atoms with van der Waals surface area (Å²) >= 11 is 1.02. The lowest BCUT2D eigenvalue weighted by Crippen LogP contribution is -2.10. The second kappa shape index (κ2) is 5.41. The topological polar surface area (TPSA) is 76.2 Å². The first kappa shape index (κ1) is 11.6.